The van der Waals surface area contributed by atoms with Crippen molar-refractivity contribution in [3.05, 3.63) is 65.2 Å². The third-order valence-corrected chi connectivity index (χ3v) is 2.97. The smallest absolute Gasteiger partial charge is 0.119 e. The number of hydrogen-bond donors (Lipinski definition) is 1. The van der Waals surface area contributed by atoms with Gasteiger partial charge in [-0.25, -0.2) is 0 Å². The van der Waals surface area contributed by atoms with Gasteiger partial charge in [-0.2, -0.15) is 0 Å². The summed E-state index contributed by atoms with van der Waals surface area (Å²) in [6.07, 6.45) is -0.605. The molecule has 0 saturated carbocycles. The molecule has 2 nitrogen and oxygen atoms in total. The summed E-state index contributed by atoms with van der Waals surface area (Å²) >= 11 is 0. The Morgan fingerprint density at radius 3 is 2.61 bits per heavy atom. The molecule has 2 aromatic rings. The van der Waals surface area contributed by atoms with E-state index < -0.39 is 6.10 Å². The number of aliphatic hydroxyl groups excluding tert-OH is 1. The average Bonchev–Trinajstić information content (AvgIpc) is 2.39. The van der Waals surface area contributed by atoms with Crippen molar-refractivity contribution in [2.45, 2.75) is 20.0 Å². The molecule has 18 heavy (non-hydrogen) atoms. The maximum Gasteiger partial charge on any atom is 0.119 e. The monoisotopic (exact) mass is 242 g/mol. The molecule has 0 saturated heterocycles. The molecule has 2 aromatic carbocycles. The van der Waals surface area contributed by atoms with E-state index in [1.54, 1.807) is 0 Å². The van der Waals surface area contributed by atoms with E-state index in [0.717, 1.165) is 22.4 Å². The Kier molecular flexibility index (Phi) is 4.00. The average molecular weight is 242 g/mol. The van der Waals surface area contributed by atoms with Crippen LogP contribution >= 0.6 is 0 Å². The van der Waals surface area contributed by atoms with E-state index in [4.69, 9.17) is 4.74 Å². The summed E-state index contributed by atoms with van der Waals surface area (Å²) in [4.78, 5) is 0. The predicted molar refractivity (Wildman–Crippen MR) is 72.9 cm³/mol. The number of rotatable bonds is 4. The zero-order valence-electron chi connectivity index (χ0n) is 10.8. The SMILES string of the molecule is CCOc1cccc(C(O)c2ccccc2C)c1. The summed E-state index contributed by atoms with van der Waals surface area (Å²) < 4.78 is 5.45. The van der Waals surface area contributed by atoms with Crippen LogP contribution in [0, 0.1) is 6.92 Å². The lowest BCUT2D eigenvalue weighted by molar-refractivity contribution is 0.218. The van der Waals surface area contributed by atoms with Crippen LogP contribution in [0.5, 0.6) is 5.75 Å². The minimum absolute atomic E-state index is 0.605. The molecule has 1 N–H and O–H groups in total. The van der Waals surface area contributed by atoms with Crippen LogP contribution in [0.2, 0.25) is 0 Å². The molecule has 0 spiro atoms. The van der Waals surface area contributed by atoms with Gasteiger partial charge in [0.05, 0.1) is 6.61 Å². The highest BCUT2D eigenvalue weighted by molar-refractivity contribution is 5.38. The van der Waals surface area contributed by atoms with E-state index in [9.17, 15) is 5.11 Å². The van der Waals surface area contributed by atoms with Gasteiger partial charge >= 0.3 is 0 Å². The van der Waals surface area contributed by atoms with Gasteiger partial charge in [-0.3, -0.25) is 0 Å². The lowest BCUT2D eigenvalue weighted by Crippen LogP contribution is -2.02. The number of aryl methyl sites for hydroxylation is 1. The van der Waals surface area contributed by atoms with Gasteiger partial charge in [-0.05, 0) is 42.7 Å². The largest absolute Gasteiger partial charge is 0.494 e. The van der Waals surface area contributed by atoms with E-state index in [2.05, 4.69) is 0 Å². The number of benzene rings is 2. The normalized spacial score (nSPS) is 12.2. The van der Waals surface area contributed by atoms with Gasteiger partial charge in [0.2, 0.25) is 0 Å². The molecular weight excluding hydrogens is 224 g/mol. The van der Waals surface area contributed by atoms with Crippen LogP contribution in [0.3, 0.4) is 0 Å². The molecule has 0 fully saturated rings. The fourth-order valence-electron chi connectivity index (χ4n) is 2.01. The van der Waals surface area contributed by atoms with Gasteiger partial charge < -0.3 is 9.84 Å². The summed E-state index contributed by atoms with van der Waals surface area (Å²) in [7, 11) is 0. The van der Waals surface area contributed by atoms with Gasteiger partial charge in [0.15, 0.2) is 0 Å². The van der Waals surface area contributed by atoms with E-state index in [-0.39, 0.29) is 0 Å². The van der Waals surface area contributed by atoms with Gasteiger partial charge in [-0.1, -0.05) is 36.4 Å². The van der Waals surface area contributed by atoms with Crippen molar-refractivity contribution < 1.29 is 9.84 Å². The molecule has 1 atom stereocenters. The maximum atomic E-state index is 10.4. The molecule has 0 aliphatic heterocycles. The number of ether oxygens (including phenoxy) is 1. The quantitative estimate of drug-likeness (QED) is 0.889. The van der Waals surface area contributed by atoms with Crippen molar-refractivity contribution in [1.29, 1.82) is 0 Å². The van der Waals surface area contributed by atoms with Gasteiger partial charge in [-0.15, -0.1) is 0 Å². The Balaban J connectivity index is 2.31. The van der Waals surface area contributed by atoms with Crippen LogP contribution in [-0.4, -0.2) is 11.7 Å². The number of hydrogen-bond acceptors (Lipinski definition) is 2. The maximum absolute atomic E-state index is 10.4. The van der Waals surface area contributed by atoms with Gasteiger partial charge in [0, 0.05) is 0 Å². The predicted octanol–water partition coefficient (Wildman–Crippen LogP) is 3.48. The molecule has 1 unspecified atom stereocenters. The Morgan fingerprint density at radius 2 is 1.89 bits per heavy atom. The molecule has 0 heterocycles. The minimum atomic E-state index is -0.605. The van der Waals surface area contributed by atoms with Crippen LogP contribution in [0.25, 0.3) is 0 Å². The van der Waals surface area contributed by atoms with Crippen LogP contribution in [0.4, 0.5) is 0 Å². The fraction of sp³-hybridized carbons (Fsp3) is 0.250. The van der Waals surface area contributed by atoms with Crippen molar-refractivity contribution >= 4 is 0 Å². The number of aliphatic hydroxyl groups is 1. The van der Waals surface area contributed by atoms with Crippen molar-refractivity contribution in [2.24, 2.45) is 0 Å². The first-order chi connectivity index (χ1) is 8.72. The molecule has 0 radical (unpaired) electrons. The summed E-state index contributed by atoms with van der Waals surface area (Å²) in [6.45, 7) is 4.58. The first kappa shape index (κ1) is 12.7. The lowest BCUT2D eigenvalue weighted by Gasteiger charge is -2.15. The van der Waals surface area contributed by atoms with Crippen LogP contribution in [-0.2, 0) is 0 Å². The van der Waals surface area contributed by atoms with E-state index in [1.165, 1.54) is 0 Å². The zero-order valence-corrected chi connectivity index (χ0v) is 10.8. The molecule has 0 aliphatic carbocycles. The van der Waals surface area contributed by atoms with Crippen LogP contribution in [0.15, 0.2) is 48.5 Å². The molecule has 94 valence electrons. The summed E-state index contributed by atoms with van der Waals surface area (Å²) in [5.41, 5.74) is 2.88. The summed E-state index contributed by atoms with van der Waals surface area (Å²) in [6, 6.07) is 15.5. The van der Waals surface area contributed by atoms with Crippen molar-refractivity contribution in [3.8, 4) is 5.75 Å². The minimum Gasteiger partial charge on any atom is -0.494 e. The molecule has 0 aliphatic rings. The zero-order chi connectivity index (χ0) is 13.0. The van der Waals surface area contributed by atoms with Gasteiger partial charge in [0.1, 0.15) is 11.9 Å². The van der Waals surface area contributed by atoms with Crippen molar-refractivity contribution in [1.82, 2.24) is 0 Å². The first-order valence-electron chi connectivity index (χ1n) is 6.18. The van der Waals surface area contributed by atoms with E-state index >= 15 is 0 Å². The first-order valence-corrected chi connectivity index (χ1v) is 6.18. The lowest BCUT2D eigenvalue weighted by atomic mass is 9.97. The second-order valence-electron chi connectivity index (χ2n) is 4.26. The third-order valence-electron chi connectivity index (χ3n) is 2.97. The second kappa shape index (κ2) is 5.69. The van der Waals surface area contributed by atoms with E-state index in [0.29, 0.717) is 6.61 Å². The molecule has 0 amide bonds. The van der Waals surface area contributed by atoms with Crippen molar-refractivity contribution in [3.63, 3.8) is 0 Å². The Labute approximate surface area is 108 Å². The Bertz CT molecular complexity index is 520. The highest BCUT2D eigenvalue weighted by Gasteiger charge is 2.12. The standard InChI is InChI=1S/C16H18O2/c1-3-18-14-9-6-8-13(11-14)16(17)15-10-5-4-7-12(15)2/h4-11,16-17H,3H2,1-2H3. The fourth-order valence-corrected chi connectivity index (χ4v) is 2.01. The Hall–Kier alpha value is -1.80. The van der Waals surface area contributed by atoms with Crippen molar-refractivity contribution in [2.75, 3.05) is 6.61 Å². The van der Waals surface area contributed by atoms with Gasteiger partial charge in [0.25, 0.3) is 0 Å². The Morgan fingerprint density at radius 1 is 1.11 bits per heavy atom. The topological polar surface area (TPSA) is 29.5 Å². The van der Waals surface area contributed by atoms with Crippen LogP contribution in [0.1, 0.15) is 29.7 Å². The second-order valence-corrected chi connectivity index (χ2v) is 4.26. The third kappa shape index (κ3) is 2.71. The summed E-state index contributed by atoms with van der Waals surface area (Å²) in [5, 5.41) is 10.4. The molecule has 2 rings (SSSR count). The highest BCUT2D eigenvalue weighted by atomic mass is 16.5. The molecule has 0 bridgehead atoms. The highest BCUT2D eigenvalue weighted by Crippen LogP contribution is 2.26. The van der Waals surface area contributed by atoms with Crippen LogP contribution < -0.4 is 4.74 Å². The molecule has 2 heteroatoms. The molecular formula is C16H18O2. The summed E-state index contributed by atoms with van der Waals surface area (Å²) in [5.74, 6) is 0.794. The van der Waals surface area contributed by atoms with E-state index in [1.807, 2.05) is 62.4 Å². The molecule has 0 aromatic heterocycles.